The fourth-order valence-corrected chi connectivity index (χ4v) is 3.31. The summed E-state index contributed by atoms with van der Waals surface area (Å²) < 4.78 is 11.2. The molecule has 0 aromatic heterocycles. The van der Waals surface area contributed by atoms with Crippen LogP contribution in [0.25, 0.3) is 0 Å². The highest BCUT2D eigenvalue weighted by atomic mass is 31.2. The van der Waals surface area contributed by atoms with Crippen LogP contribution in [0.2, 0.25) is 0 Å². The Balaban J connectivity index is 2.90. The fourth-order valence-electron chi connectivity index (χ4n) is 2.23. The van der Waals surface area contributed by atoms with Gasteiger partial charge in [0, 0.05) is 0 Å². The summed E-state index contributed by atoms with van der Waals surface area (Å²) in [5.74, 6) is 0.229. The summed E-state index contributed by atoms with van der Waals surface area (Å²) >= 11 is 0. The minimum atomic E-state index is -3.96. The lowest BCUT2D eigenvalue weighted by Gasteiger charge is -2.24. The van der Waals surface area contributed by atoms with Gasteiger partial charge in [0.15, 0.2) is 0 Å². The molecule has 0 aliphatic heterocycles. The third-order valence-electron chi connectivity index (χ3n) is 3.09. The van der Waals surface area contributed by atoms with Gasteiger partial charge < -0.3 is 9.79 Å². The molecule has 0 heterocycles. The molecule has 4 heteroatoms. The van der Waals surface area contributed by atoms with Crippen molar-refractivity contribution in [1.29, 1.82) is 0 Å². The Hall–Kier alpha value is -0.630. The summed E-state index contributed by atoms with van der Waals surface area (Å²) in [6.07, 6.45) is 1.96. The molecule has 0 aliphatic carbocycles. The zero-order valence-electron chi connectivity index (χ0n) is 10.4. The Morgan fingerprint density at radius 3 is 2.29 bits per heavy atom. The van der Waals surface area contributed by atoms with E-state index >= 15 is 0 Å². The van der Waals surface area contributed by atoms with E-state index in [9.17, 15) is 14.4 Å². The summed E-state index contributed by atoms with van der Waals surface area (Å²) in [4.78, 5) is 18.4. The van der Waals surface area contributed by atoms with Crippen molar-refractivity contribution in [3.63, 3.8) is 0 Å². The van der Waals surface area contributed by atoms with E-state index in [2.05, 4.69) is 13.8 Å². The van der Waals surface area contributed by atoms with Crippen molar-refractivity contribution in [3.8, 4) is 0 Å². The van der Waals surface area contributed by atoms with Gasteiger partial charge in [-0.25, -0.2) is 0 Å². The molecule has 17 heavy (non-hydrogen) atoms. The third-order valence-corrected chi connectivity index (χ3v) is 3.96. The van der Waals surface area contributed by atoms with Crippen LogP contribution in [-0.2, 0) is 4.57 Å². The van der Waals surface area contributed by atoms with Crippen LogP contribution in [0.5, 0.6) is 0 Å². The van der Waals surface area contributed by atoms with Crippen molar-refractivity contribution in [2.24, 2.45) is 5.92 Å². The van der Waals surface area contributed by atoms with Crippen molar-refractivity contribution in [2.45, 2.75) is 32.6 Å². The lowest BCUT2D eigenvalue weighted by molar-refractivity contribution is 0.354. The van der Waals surface area contributed by atoms with E-state index in [-0.39, 0.29) is 18.0 Å². The van der Waals surface area contributed by atoms with Crippen LogP contribution in [-0.4, -0.2) is 15.9 Å². The highest BCUT2D eigenvalue weighted by Gasteiger charge is 2.26. The van der Waals surface area contributed by atoms with Crippen LogP contribution in [0.15, 0.2) is 30.3 Å². The molecule has 3 nitrogen and oxygen atoms in total. The predicted molar refractivity (Wildman–Crippen MR) is 70.2 cm³/mol. The second kappa shape index (κ2) is 6.34. The van der Waals surface area contributed by atoms with Crippen molar-refractivity contribution < 1.29 is 14.4 Å². The van der Waals surface area contributed by atoms with Gasteiger partial charge >= 0.3 is 7.60 Å². The number of hydrogen-bond acceptors (Lipinski definition) is 1. The highest BCUT2D eigenvalue weighted by molar-refractivity contribution is 7.51. The summed E-state index contributed by atoms with van der Waals surface area (Å²) in [6.45, 7) is 4.16. The van der Waals surface area contributed by atoms with Gasteiger partial charge in [0.25, 0.3) is 0 Å². The molecule has 2 unspecified atom stereocenters. The zero-order valence-corrected chi connectivity index (χ0v) is 11.3. The standard InChI is InChI=1S/C13H21O3P/c1-3-7-11(2)13(10-17(14,15)16)12-8-5-4-6-9-12/h4-6,8-9,11,13H,3,7,10H2,1-2H3,(H2,14,15,16). The van der Waals surface area contributed by atoms with Crippen molar-refractivity contribution in [3.05, 3.63) is 35.9 Å². The summed E-state index contributed by atoms with van der Waals surface area (Å²) in [6, 6.07) is 9.66. The normalized spacial score (nSPS) is 15.5. The Morgan fingerprint density at radius 1 is 1.24 bits per heavy atom. The monoisotopic (exact) mass is 256 g/mol. The quantitative estimate of drug-likeness (QED) is 0.767. The van der Waals surface area contributed by atoms with Crippen molar-refractivity contribution in [2.75, 3.05) is 6.16 Å². The van der Waals surface area contributed by atoms with E-state index < -0.39 is 7.60 Å². The molecule has 2 atom stereocenters. The molecular formula is C13H21O3P. The minimum absolute atomic E-state index is 0.0574. The predicted octanol–water partition coefficient (Wildman–Crippen LogP) is 3.38. The molecule has 1 aromatic rings. The number of benzene rings is 1. The van der Waals surface area contributed by atoms with Gasteiger partial charge in [-0.1, -0.05) is 57.0 Å². The molecule has 0 spiro atoms. The molecule has 0 fully saturated rings. The van der Waals surface area contributed by atoms with Gasteiger partial charge in [0.05, 0.1) is 6.16 Å². The maximum absolute atomic E-state index is 11.2. The molecule has 0 amide bonds. The molecule has 0 aliphatic rings. The second-order valence-electron chi connectivity index (χ2n) is 4.63. The van der Waals surface area contributed by atoms with Crippen LogP contribution in [0.1, 0.15) is 38.2 Å². The first kappa shape index (κ1) is 14.4. The Kier molecular flexibility index (Phi) is 5.38. The molecule has 0 saturated carbocycles. The summed E-state index contributed by atoms with van der Waals surface area (Å²) in [5, 5.41) is 0. The van der Waals surface area contributed by atoms with Gasteiger partial charge in [-0.2, -0.15) is 0 Å². The summed E-state index contributed by atoms with van der Waals surface area (Å²) in [5.41, 5.74) is 1.02. The first-order valence-electron chi connectivity index (χ1n) is 6.03. The third kappa shape index (κ3) is 5.03. The largest absolute Gasteiger partial charge is 0.326 e. The molecule has 96 valence electrons. The number of rotatable bonds is 6. The van der Waals surface area contributed by atoms with Gasteiger partial charge in [-0.3, -0.25) is 4.57 Å². The van der Waals surface area contributed by atoms with E-state index in [4.69, 9.17) is 0 Å². The minimum Gasteiger partial charge on any atom is -0.324 e. The fraction of sp³-hybridized carbons (Fsp3) is 0.538. The average Bonchev–Trinajstić information content (AvgIpc) is 2.26. The van der Waals surface area contributed by atoms with Gasteiger partial charge in [0.1, 0.15) is 0 Å². The molecule has 0 radical (unpaired) electrons. The Labute approximate surface area is 103 Å². The smallest absolute Gasteiger partial charge is 0.324 e. The van der Waals surface area contributed by atoms with Crippen LogP contribution >= 0.6 is 7.60 Å². The molecule has 1 rings (SSSR count). The first-order chi connectivity index (χ1) is 7.94. The highest BCUT2D eigenvalue weighted by Crippen LogP contribution is 2.43. The average molecular weight is 256 g/mol. The van der Waals surface area contributed by atoms with Gasteiger partial charge in [0.2, 0.25) is 0 Å². The van der Waals surface area contributed by atoms with Gasteiger partial charge in [-0.05, 0) is 17.4 Å². The molecule has 2 N–H and O–H groups in total. The lowest BCUT2D eigenvalue weighted by Crippen LogP contribution is -2.14. The molecule has 0 bridgehead atoms. The zero-order chi connectivity index (χ0) is 12.9. The van der Waals surface area contributed by atoms with E-state index in [1.54, 1.807) is 0 Å². The van der Waals surface area contributed by atoms with E-state index in [1.165, 1.54) is 0 Å². The SMILES string of the molecule is CCCC(C)C(CP(=O)(O)O)c1ccccc1. The van der Waals surface area contributed by atoms with Crippen LogP contribution < -0.4 is 0 Å². The summed E-state index contributed by atoms with van der Waals surface area (Å²) in [7, 11) is -3.96. The second-order valence-corrected chi connectivity index (χ2v) is 6.32. The topological polar surface area (TPSA) is 57.5 Å². The lowest BCUT2D eigenvalue weighted by atomic mass is 9.86. The molecule has 0 saturated heterocycles. The Morgan fingerprint density at radius 2 is 1.82 bits per heavy atom. The Bertz CT molecular complexity index is 372. The number of hydrogen-bond donors (Lipinski definition) is 2. The molecule has 1 aromatic carbocycles. The first-order valence-corrected chi connectivity index (χ1v) is 7.83. The van der Waals surface area contributed by atoms with Crippen LogP contribution in [0.3, 0.4) is 0 Å². The van der Waals surface area contributed by atoms with Crippen LogP contribution in [0, 0.1) is 5.92 Å². The van der Waals surface area contributed by atoms with Crippen molar-refractivity contribution >= 4 is 7.60 Å². The maximum Gasteiger partial charge on any atom is 0.326 e. The molecular weight excluding hydrogens is 235 g/mol. The van der Waals surface area contributed by atoms with Crippen LogP contribution in [0.4, 0.5) is 0 Å². The van der Waals surface area contributed by atoms with E-state index in [1.807, 2.05) is 30.3 Å². The van der Waals surface area contributed by atoms with Crippen molar-refractivity contribution in [1.82, 2.24) is 0 Å². The maximum atomic E-state index is 11.2. The van der Waals surface area contributed by atoms with E-state index in [0.29, 0.717) is 0 Å². The van der Waals surface area contributed by atoms with E-state index in [0.717, 1.165) is 18.4 Å². The van der Waals surface area contributed by atoms with Gasteiger partial charge in [-0.15, -0.1) is 0 Å².